The lowest BCUT2D eigenvalue weighted by Crippen LogP contribution is -2.23. The minimum Gasteiger partial charge on any atom is -0.504 e. The Balaban J connectivity index is 2.52. The van der Waals surface area contributed by atoms with Crippen LogP contribution in [-0.4, -0.2) is 17.3 Å². The molecule has 124 valence electrons. The molecule has 0 spiro atoms. The van der Waals surface area contributed by atoms with Crippen molar-refractivity contribution in [3.05, 3.63) is 53.6 Å². The number of phenolic OH excluding ortho intramolecular Hbond substituents is 1. The Morgan fingerprint density at radius 2 is 1.74 bits per heavy atom. The molecule has 0 aliphatic rings. The van der Waals surface area contributed by atoms with Gasteiger partial charge in [-0.05, 0) is 29.8 Å². The molecule has 3 nitrogen and oxygen atoms in total. The smallest absolute Gasteiger partial charge is 0.161 e. The summed E-state index contributed by atoms with van der Waals surface area (Å²) in [5.41, 5.74) is 1.88. The highest BCUT2D eigenvalue weighted by atomic mass is 31.1. The molecule has 2 aromatic rings. The first-order valence-corrected chi connectivity index (χ1v) is 8.95. The summed E-state index contributed by atoms with van der Waals surface area (Å²) in [6.07, 6.45) is 1.81. The van der Waals surface area contributed by atoms with E-state index in [1.807, 2.05) is 30.3 Å². The minimum atomic E-state index is -0.163. The van der Waals surface area contributed by atoms with Gasteiger partial charge in [0.05, 0.1) is 13.7 Å². The maximum atomic E-state index is 10.6. The first-order valence-electron chi connectivity index (χ1n) is 7.95. The topological polar surface area (TPSA) is 49.7 Å². The molecule has 2 N–H and O–H groups in total. The van der Waals surface area contributed by atoms with Gasteiger partial charge in [0.2, 0.25) is 0 Å². The molecule has 2 rings (SSSR count). The first kappa shape index (κ1) is 17.8. The van der Waals surface area contributed by atoms with Crippen LogP contribution >= 0.6 is 8.58 Å². The molecule has 0 radical (unpaired) electrons. The maximum absolute atomic E-state index is 10.6. The molecule has 23 heavy (non-hydrogen) atoms. The van der Waals surface area contributed by atoms with Crippen molar-refractivity contribution in [3.8, 4) is 11.5 Å². The van der Waals surface area contributed by atoms with Crippen LogP contribution in [0.3, 0.4) is 0 Å². The summed E-state index contributed by atoms with van der Waals surface area (Å²) in [5, 5.41) is 21.2. The number of hydrogen-bond donors (Lipinski definition) is 2. The predicted molar refractivity (Wildman–Crippen MR) is 97.2 cm³/mol. The number of methoxy groups -OCH3 is 1. The van der Waals surface area contributed by atoms with E-state index in [-0.39, 0.29) is 17.5 Å². The van der Waals surface area contributed by atoms with Gasteiger partial charge in [0.15, 0.2) is 11.5 Å². The van der Waals surface area contributed by atoms with Gasteiger partial charge < -0.3 is 14.9 Å². The molecule has 0 aliphatic heterocycles. The first-order chi connectivity index (χ1) is 11.1. The van der Waals surface area contributed by atoms with E-state index >= 15 is 0 Å². The quantitative estimate of drug-likeness (QED) is 0.756. The lowest BCUT2D eigenvalue weighted by Gasteiger charge is -2.34. The lowest BCUT2D eigenvalue weighted by atomic mass is 9.91. The number of rotatable bonds is 7. The van der Waals surface area contributed by atoms with Gasteiger partial charge in [-0.2, -0.15) is 0 Å². The van der Waals surface area contributed by atoms with Crippen LogP contribution in [0.1, 0.15) is 37.8 Å². The summed E-state index contributed by atoms with van der Waals surface area (Å²) < 4.78 is 5.28. The number of aromatic hydroxyl groups is 1. The van der Waals surface area contributed by atoms with Crippen molar-refractivity contribution in [2.24, 2.45) is 0 Å². The number of ether oxygens (including phenoxy) is 1. The number of aliphatic hydroxyl groups is 1. The van der Waals surface area contributed by atoms with Gasteiger partial charge in [0, 0.05) is 10.7 Å². The van der Waals surface area contributed by atoms with E-state index < -0.39 is 0 Å². The third kappa shape index (κ3) is 3.52. The Bertz CT molecular complexity index is 651. The Morgan fingerprint density at radius 1 is 1.04 bits per heavy atom. The van der Waals surface area contributed by atoms with E-state index in [0.717, 1.165) is 29.3 Å². The van der Waals surface area contributed by atoms with Crippen molar-refractivity contribution in [2.45, 2.75) is 38.5 Å². The number of hydrogen-bond acceptors (Lipinski definition) is 3. The number of aliphatic hydroxyl groups excluding tert-OH is 1. The van der Waals surface area contributed by atoms with Crippen LogP contribution < -0.4 is 10.0 Å². The van der Waals surface area contributed by atoms with E-state index in [0.29, 0.717) is 14.3 Å². The summed E-state index contributed by atoms with van der Waals surface area (Å²) in [6.45, 7) is 4.34. The molecule has 1 atom stereocenters. The molecule has 4 heteroatoms. The lowest BCUT2D eigenvalue weighted by molar-refractivity contribution is 0.283. The molecular weight excluding hydrogens is 307 g/mol. The zero-order valence-corrected chi connectivity index (χ0v) is 15.0. The molecule has 0 amide bonds. The van der Waals surface area contributed by atoms with E-state index in [9.17, 15) is 10.2 Å². The summed E-state index contributed by atoms with van der Waals surface area (Å²) in [4.78, 5) is 0. The largest absolute Gasteiger partial charge is 0.504 e. The van der Waals surface area contributed by atoms with Crippen LogP contribution in [0.25, 0.3) is 0 Å². The monoisotopic (exact) mass is 332 g/mol. The van der Waals surface area contributed by atoms with E-state index in [4.69, 9.17) is 4.74 Å². The molecule has 0 aliphatic carbocycles. The fourth-order valence-electron chi connectivity index (χ4n) is 2.99. The highest BCUT2D eigenvalue weighted by Crippen LogP contribution is 2.51. The number of phenols is 1. The minimum absolute atomic E-state index is 0.0385. The van der Waals surface area contributed by atoms with Crippen LogP contribution in [0.2, 0.25) is 0 Å². The molecule has 0 bridgehead atoms. The normalized spacial score (nSPS) is 12.0. The zero-order chi connectivity index (χ0) is 16.9. The summed E-state index contributed by atoms with van der Waals surface area (Å²) in [6, 6.07) is 13.7. The second-order valence-corrected chi connectivity index (χ2v) is 7.33. The van der Waals surface area contributed by atoms with Gasteiger partial charge >= 0.3 is 0 Å². The molecule has 0 saturated heterocycles. The Hall–Kier alpha value is -1.57. The van der Waals surface area contributed by atoms with Crippen molar-refractivity contribution >= 4 is 13.9 Å². The third-order valence-corrected chi connectivity index (χ3v) is 6.72. The highest BCUT2D eigenvalue weighted by molar-refractivity contribution is 7.48. The Morgan fingerprint density at radius 3 is 2.35 bits per heavy atom. The summed E-state index contributed by atoms with van der Waals surface area (Å²) in [5.74, 6) is 0.738. The Kier molecular flexibility index (Phi) is 6.04. The van der Waals surface area contributed by atoms with Crippen molar-refractivity contribution in [1.82, 2.24) is 0 Å². The van der Waals surface area contributed by atoms with E-state index in [1.165, 1.54) is 0 Å². The number of para-hydroxylation sites is 1. The molecule has 0 saturated carbocycles. The van der Waals surface area contributed by atoms with Crippen molar-refractivity contribution in [1.29, 1.82) is 0 Å². The fourth-order valence-corrected chi connectivity index (χ4v) is 4.69. The Labute approximate surface area is 140 Å². The van der Waals surface area contributed by atoms with Gasteiger partial charge in [0.1, 0.15) is 0 Å². The average molecular weight is 332 g/mol. The molecular formula is C19H25O3P. The standard InChI is InChI=1S/C19H25O3P/c1-4-19(5-2,15-10-8-11-16(22-3)18(15)21)23-17-12-7-6-9-14(17)13-20/h6-12,20-21,23H,4-5,13H2,1-3H3. The summed E-state index contributed by atoms with van der Waals surface area (Å²) in [7, 11) is 2.04. The average Bonchev–Trinajstić information content (AvgIpc) is 2.60. The third-order valence-electron chi connectivity index (χ3n) is 4.50. The maximum Gasteiger partial charge on any atom is 0.161 e. The molecule has 0 aromatic heterocycles. The second kappa shape index (κ2) is 7.81. The molecule has 0 fully saturated rings. The van der Waals surface area contributed by atoms with E-state index in [1.54, 1.807) is 13.2 Å². The van der Waals surface area contributed by atoms with Gasteiger partial charge in [-0.15, -0.1) is 0 Å². The van der Waals surface area contributed by atoms with Crippen molar-refractivity contribution in [2.75, 3.05) is 7.11 Å². The second-order valence-electron chi connectivity index (χ2n) is 5.59. The SMILES string of the molecule is CCC(CC)(Pc1ccccc1CO)c1cccc(OC)c1O. The van der Waals surface area contributed by atoms with Gasteiger partial charge in [-0.25, -0.2) is 0 Å². The number of benzene rings is 2. The van der Waals surface area contributed by atoms with Gasteiger partial charge in [-0.3, -0.25) is 0 Å². The van der Waals surface area contributed by atoms with Crippen molar-refractivity contribution in [3.63, 3.8) is 0 Å². The van der Waals surface area contributed by atoms with Gasteiger partial charge in [0.25, 0.3) is 0 Å². The van der Waals surface area contributed by atoms with Crippen LogP contribution in [-0.2, 0) is 11.8 Å². The van der Waals surface area contributed by atoms with Crippen LogP contribution in [0.15, 0.2) is 42.5 Å². The van der Waals surface area contributed by atoms with Crippen LogP contribution in [0, 0.1) is 0 Å². The predicted octanol–water partition coefficient (Wildman–Crippen LogP) is 3.91. The summed E-state index contributed by atoms with van der Waals surface area (Å²) >= 11 is 0. The molecule has 1 unspecified atom stereocenters. The van der Waals surface area contributed by atoms with Crippen LogP contribution in [0.4, 0.5) is 0 Å². The van der Waals surface area contributed by atoms with Crippen molar-refractivity contribution < 1.29 is 14.9 Å². The molecule has 0 heterocycles. The molecule has 2 aromatic carbocycles. The van der Waals surface area contributed by atoms with Crippen LogP contribution in [0.5, 0.6) is 11.5 Å². The zero-order valence-electron chi connectivity index (χ0n) is 14.0. The highest BCUT2D eigenvalue weighted by Gasteiger charge is 2.33. The van der Waals surface area contributed by atoms with E-state index in [2.05, 4.69) is 19.9 Å². The fraction of sp³-hybridized carbons (Fsp3) is 0.368. The van der Waals surface area contributed by atoms with Gasteiger partial charge in [-0.1, -0.05) is 58.8 Å².